The minimum absolute atomic E-state index is 0.0425. The fourth-order valence-corrected chi connectivity index (χ4v) is 1.76. The third kappa shape index (κ3) is 6.05. The van der Waals surface area contributed by atoms with Gasteiger partial charge in [-0.05, 0) is 7.05 Å². The van der Waals surface area contributed by atoms with Crippen molar-refractivity contribution in [3.63, 3.8) is 0 Å². The normalized spacial score (nSPS) is 18.6. The number of carbonyl (C=O) groups is 1. The molecule has 1 aliphatic rings. The maximum atomic E-state index is 10.6. The molecule has 1 heterocycles. The van der Waals surface area contributed by atoms with E-state index in [1.54, 1.807) is 6.92 Å². The fourth-order valence-electron chi connectivity index (χ4n) is 1.76. The summed E-state index contributed by atoms with van der Waals surface area (Å²) in [6, 6.07) is 0. The van der Waals surface area contributed by atoms with Crippen molar-refractivity contribution in [2.75, 3.05) is 59.4 Å². The van der Waals surface area contributed by atoms with Crippen molar-refractivity contribution in [2.24, 2.45) is 0 Å². The van der Waals surface area contributed by atoms with Crippen LogP contribution in [0, 0.1) is 0 Å². The molecule has 1 aliphatic heterocycles. The zero-order chi connectivity index (χ0) is 11.8. The van der Waals surface area contributed by atoms with Gasteiger partial charge >= 0.3 is 0 Å². The Kier molecular flexibility index (Phi) is 6.37. The molecule has 0 unspecified atom stereocenters. The molecule has 94 valence electrons. The Bertz CT molecular complexity index is 202. The second kappa shape index (κ2) is 7.60. The van der Waals surface area contributed by atoms with Gasteiger partial charge in [0.05, 0.1) is 0 Å². The van der Waals surface area contributed by atoms with Gasteiger partial charge in [-0.3, -0.25) is 9.69 Å². The van der Waals surface area contributed by atoms with Crippen LogP contribution in [0.4, 0.5) is 0 Å². The number of nitrogens with zero attached hydrogens (tertiary/aromatic N) is 2. The monoisotopic (exact) mass is 228 g/mol. The van der Waals surface area contributed by atoms with Crippen molar-refractivity contribution in [3.05, 3.63) is 0 Å². The van der Waals surface area contributed by atoms with E-state index in [9.17, 15) is 4.79 Å². The number of hydrogen-bond acceptors (Lipinski definition) is 4. The average Bonchev–Trinajstić information content (AvgIpc) is 2.25. The smallest absolute Gasteiger partial charge is 0.216 e. The highest BCUT2D eigenvalue weighted by atomic mass is 16.1. The molecule has 1 saturated heterocycles. The summed E-state index contributed by atoms with van der Waals surface area (Å²) in [4.78, 5) is 15.4. The summed E-state index contributed by atoms with van der Waals surface area (Å²) in [5.41, 5.74) is 0. The van der Waals surface area contributed by atoms with Crippen LogP contribution in [-0.4, -0.2) is 75.1 Å². The molecule has 0 aliphatic carbocycles. The van der Waals surface area contributed by atoms with E-state index in [0.717, 1.165) is 26.2 Å². The molecule has 5 heteroatoms. The van der Waals surface area contributed by atoms with Gasteiger partial charge in [0.2, 0.25) is 5.91 Å². The molecular formula is C11H24N4O. The minimum atomic E-state index is 0.0425. The van der Waals surface area contributed by atoms with Crippen LogP contribution in [0.25, 0.3) is 0 Å². The Hall–Kier alpha value is -0.650. The van der Waals surface area contributed by atoms with E-state index in [4.69, 9.17) is 0 Å². The largest absolute Gasteiger partial charge is 0.355 e. The van der Waals surface area contributed by atoms with Gasteiger partial charge in [-0.1, -0.05) is 0 Å². The highest BCUT2D eigenvalue weighted by Gasteiger charge is 2.12. The van der Waals surface area contributed by atoms with Crippen molar-refractivity contribution < 1.29 is 4.79 Å². The van der Waals surface area contributed by atoms with E-state index in [1.807, 2.05) is 0 Å². The van der Waals surface area contributed by atoms with Gasteiger partial charge in [0.1, 0.15) is 0 Å². The van der Waals surface area contributed by atoms with Gasteiger partial charge in [-0.2, -0.15) is 0 Å². The molecule has 1 amide bonds. The van der Waals surface area contributed by atoms with E-state index >= 15 is 0 Å². The second-order valence-corrected chi connectivity index (χ2v) is 4.38. The molecule has 0 radical (unpaired) electrons. The molecule has 0 atom stereocenters. The van der Waals surface area contributed by atoms with Crippen LogP contribution >= 0.6 is 0 Å². The van der Waals surface area contributed by atoms with Gasteiger partial charge in [0.15, 0.2) is 0 Å². The lowest BCUT2D eigenvalue weighted by molar-refractivity contribution is -0.118. The molecule has 5 nitrogen and oxygen atoms in total. The second-order valence-electron chi connectivity index (χ2n) is 4.38. The molecule has 0 bridgehead atoms. The Morgan fingerprint density at radius 2 is 1.81 bits per heavy atom. The molecule has 0 spiro atoms. The van der Waals surface area contributed by atoms with Crippen molar-refractivity contribution in [1.82, 2.24) is 20.4 Å². The van der Waals surface area contributed by atoms with E-state index in [2.05, 4.69) is 27.5 Å². The van der Waals surface area contributed by atoms with E-state index in [1.165, 1.54) is 26.2 Å². The number of rotatable bonds is 6. The van der Waals surface area contributed by atoms with Gasteiger partial charge in [-0.25, -0.2) is 0 Å². The van der Waals surface area contributed by atoms with Crippen molar-refractivity contribution in [2.45, 2.75) is 6.92 Å². The Morgan fingerprint density at radius 3 is 2.44 bits per heavy atom. The topological polar surface area (TPSA) is 47.6 Å². The lowest BCUT2D eigenvalue weighted by Crippen LogP contribution is -2.46. The molecule has 0 aromatic carbocycles. The first-order valence-corrected chi connectivity index (χ1v) is 6.04. The van der Waals surface area contributed by atoms with Gasteiger partial charge in [0.25, 0.3) is 0 Å². The van der Waals surface area contributed by atoms with Crippen LogP contribution in [0.5, 0.6) is 0 Å². The Labute approximate surface area is 98.2 Å². The van der Waals surface area contributed by atoms with Crippen LogP contribution in [0.2, 0.25) is 0 Å². The summed E-state index contributed by atoms with van der Waals surface area (Å²) in [5.74, 6) is 0.0425. The Balaban J connectivity index is 1.89. The summed E-state index contributed by atoms with van der Waals surface area (Å²) in [6.45, 7) is 9.92. The van der Waals surface area contributed by atoms with Crippen molar-refractivity contribution >= 4 is 5.91 Å². The molecule has 0 aromatic heterocycles. The minimum Gasteiger partial charge on any atom is -0.355 e. The van der Waals surface area contributed by atoms with Crippen LogP contribution in [0.3, 0.4) is 0 Å². The molecule has 1 fully saturated rings. The first kappa shape index (κ1) is 13.4. The maximum Gasteiger partial charge on any atom is 0.216 e. The molecule has 0 saturated carbocycles. The maximum absolute atomic E-state index is 10.6. The standard InChI is InChI=1S/C11H24N4O/c1-11(16)13-4-3-12-5-6-15-9-7-14(2)8-10-15/h12H,3-10H2,1-2H3,(H,13,16). The number of likely N-dealkylation sites (N-methyl/N-ethyl adjacent to an activating group) is 1. The predicted molar refractivity (Wildman–Crippen MR) is 65.5 cm³/mol. The van der Waals surface area contributed by atoms with Crippen LogP contribution < -0.4 is 10.6 Å². The van der Waals surface area contributed by atoms with Crippen LogP contribution in [0.15, 0.2) is 0 Å². The number of hydrogen-bond donors (Lipinski definition) is 2. The van der Waals surface area contributed by atoms with Crippen LogP contribution in [0.1, 0.15) is 6.92 Å². The molecule has 1 rings (SSSR count). The van der Waals surface area contributed by atoms with Gasteiger partial charge in [0, 0.05) is 59.3 Å². The van der Waals surface area contributed by atoms with Crippen LogP contribution in [-0.2, 0) is 4.79 Å². The summed E-state index contributed by atoms with van der Waals surface area (Å²) < 4.78 is 0. The zero-order valence-electron chi connectivity index (χ0n) is 10.5. The number of carbonyl (C=O) groups excluding carboxylic acids is 1. The van der Waals surface area contributed by atoms with Crippen molar-refractivity contribution in [3.8, 4) is 0 Å². The lowest BCUT2D eigenvalue weighted by Gasteiger charge is -2.32. The quantitative estimate of drug-likeness (QED) is 0.570. The average molecular weight is 228 g/mol. The summed E-state index contributed by atoms with van der Waals surface area (Å²) >= 11 is 0. The van der Waals surface area contributed by atoms with Gasteiger partial charge < -0.3 is 15.5 Å². The predicted octanol–water partition coefficient (Wildman–Crippen LogP) is -1.04. The number of nitrogens with one attached hydrogen (secondary N) is 2. The van der Waals surface area contributed by atoms with E-state index in [0.29, 0.717) is 0 Å². The van der Waals surface area contributed by atoms with E-state index < -0.39 is 0 Å². The zero-order valence-corrected chi connectivity index (χ0v) is 10.5. The third-order valence-electron chi connectivity index (χ3n) is 2.88. The fraction of sp³-hybridized carbons (Fsp3) is 0.909. The molecule has 2 N–H and O–H groups in total. The number of amides is 1. The summed E-state index contributed by atoms with van der Waals surface area (Å²) in [6.07, 6.45) is 0. The molecule has 16 heavy (non-hydrogen) atoms. The third-order valence-corrected chi connectivity index (χ3v) is 2.88. The lowest BCUT2D eigenvalue weighted by atomic mass is 10.3. The number of piperazine rings is 1. The summed E-state index contributed by atoms with van der Waals surface area (Å²) in [7, 11) is 2.17. The molecule has 0 aromatic rings. The Morgan fingerprint density at radius 1 is 1.12 bits per heavy atom. The van der Waals surface area contributed by atoms with Crippen molar-refractivity contribution in [1.29, 1.82) is 0 Å². The first-order valence-electron chi connectivity index (χ1n) is 6.04. The summed E-state index contributed by atoms with van der Waals surface area (Å²) in [5, 5.41) is 6.10. The van der Waals surface area contributed by atoms with Gasteiger partial charge in [-0.15, -0.1) is 0 Å². The highest BCUT2D eigenvalue weighted by Crippen LogP contribution is 1.97. The van der Waals surface area contributed by atoms with E-state index in [-0.39, 0.29) is 5.91 Å². The SMILES string of the molecule is CC(=O)NCCNCCN1CCN(C)CC1. The highest BCUT2D eigenvalue weighted by molar-refractivity contribution is 5.72. The first-order chi connectivity index (χ1) is 7.68. The molecular weight excluding hydrogens is 204 g/mol.